The van der Waals surface area contributed by atoms with Crippen molar-refractivity contribution >= 4 is 23.0 Å². The van der Waals surface area contributed by atoms with Crippen molar-refractivity contribution in [1.82, 2.24) is 9.97 Å². The van der Waals surface area contributed by atoms with Crippen molar-refractivity contribution in [1.29, 1.82) is 0 Å². The molecule has 1 aliphatic rings. The molecule has 0 radical (unpaired) electrons. The van der Waals surface area contributed by atoms with E-state index < -0.39 is 22.4 Å². The van der Waals surface area contributed by atoms with Gasteiger partial charge in [0.15, 0.2) is 0 Å². The lowest BCUT2D eigenvalue weighted by Gasteiger charge is -2.21. The third kappa shape index (κ3) is 2.52. The molecule has 0 fully saturated rings. The Bertz CT molecular complexity index is 1010. The lowest BCUT2D eigenvalue weighted by Crippen LogP contribution is -2.29. The number of nitrogens with one attached hydrogen (secondary N) is 2. The van der Waals surface area contributed by atoms with Gasteiger partial charge in [-0.3, -0.25) is 19.6 Å². The minimum atomic E-state index is -0.901. The number of allylic oxidation sites excluding steroid dienone is 2. The van der Waals surface area contributed by atoms with Crippen LogP contribution in [0.2, 0.25) is 0 Å². The van der Waals surface area contributed by atoms with Gasteiger partial charge in [0.2, 0.25) is 5.88 Å². The molecule has 0 amide bonds. The molecule has 0 bridgehead atoms. The first kappa shape index (κ1) is 15.7. The Morgan fingerprint density at radius 2 is 1.83 bits per heavy atom. The molecule has 0 saturated carbocycles. The molecule has 24 heavy (non-hydrogen) atoms. The summed E-state index contributed by atoms with van der Waals surface area (Å²) in [6.45, 7) is 7.82. The number of aromatic amines is 2. The number of benzene rings is 1. The third-order valence-electron chi connectivity index (χ3n) is 4.03. The summed E-state index contributed by atoms with van der Waals surface area (Å²) in [4.78, 5) is 32.0. The van der Waals surface area contributed by atoms with E-state index in [4.69, 9.17) is 0 Å². The van der Waals surface area contributed by atoms with Crippen LogP contribution in [0.5, 0.6) is 5.88 Å². The maximum Gasteiger partial charge on any atom is 0.316 e. The Hall–Kier alpha value is -3.15. The maximum atomic E-state index is 11.6. The van der Waals surface area contributed by atoms with E-state index in [0.717, 1.165) is 22.5 Å². The van der Waals surface area contributed by atoms with E-state index in [0.29, 0.717) is 0 Å². The summed E-state index contributed by atoms with van der Waals surface area (Å²) in [7, 11) is 0. The Kier molecular flexibility index (Phi) is 3.60. The van der Waals surface area contributed by atoms with Crippen LogP contribution in [0.3, 0.4) is 0 Å². The summed E-state index contributed by atoms with van der Waals surface area (Å²) in [6, 6.07) is 7.59. The Labute approximate surface area is 137 Å². The zero-order valence-corrected chi connectivity index (χ0v) is 13.4. The SMILES string of the molecule is C=CC(C)(C)C1=Nc2ccccc2C1=Cc1[nH]c(=O)c(=O)[nH]c1O. The van der Waals surface area contributed by atoms with Crippen LogP contribution in [-0.2, 0) is 0 Å². The Morgan fingerprint density at radius 1 is 1.17 bits per heavy atom. The Balaban J connectivity index is 2.26. The van der Waals surface area contributed by atoms with Crippen LogP contribution in [0, 0.1) is 5.41 Å². The highest BCUT2D eigenvalue weighted by Gasteiger charge is 2.31. The van der Waals surface area contributed by atoms with E-state index in [9.17, 15) is 14.7 Å². The standard InChI is InChI=1S/C18H17N3O3/c1-4-18(2,3)14-11(10-7-5-6-8-12(10)19-14)9-13-15(22)21-17(24)16(23)20-13/h4-9H,1H2,2-3H3,(H,20,23)(H2,21,22,24). The molecule has 0 unspecified atom stereocenters. The lowest BCUT2D eigenvalue weighted by atomic mass is 9.82. The number of fused-ring (bicyclic) bond motifs is 1. The second kappa shape index (κ2) is 5.49. The van der Waals surface area contributed by atoms with E-state index >= 15 is 0 Å². The number of aromatic hydroxyl groups is 1. The summed E-state index contributed by atoms with van der Waals surface area (Å²) in [6.07, 6.45) is 3.41. The predicted molar refractivity (Wildman–Crippen MR) is 94.7 cm³/mol. The van der Waals surface area contributed by atoms with Gasteiger partial charge in [0.05, 0.1) is 11.4 Å². The van der Waals surface area contributed by atoms with Crippen molar-refractivity contribution in [3.05, 3.63) is 68.9 Å². The number of nitrogens with zero attached hydrogens (tertiary/aromatic N) is 1. The topological polar surface area (TPSA) is 98.3 Å². The van der Waals surface area contributed by atoms with Crippen molar-refractivity contribution in [3.8, 4) is 5.88 Å². The van der Waals surface area contributed by atoms with Crippen molar-refractivity contribution in [2.75, 3.05) is 0 Å². The maximum absolute atomic E-state index is 11.6. The molecule has 1 aromatic heterocycles. The minimum absolute atomic E-state index is 0.124. The molecular weight excluding hydrogens is 306 g/mol. The van der Waals surface area contributed by atoms with Crippen molar-refractivity contribution in [3.63, 3.8) is 0 Å². The van der Waals surface area contributed by atoms with E-state index in [-0.39, 0.29) is 5.69 Å². The zero-order valence-electron chi connectivity index (χ0n) is 13.4. The average molecular weight is 323 g/mol. The highest BCUT2D eigenvalue weighted by atomic mass is 16.3. The molecule has 0 atom stereocenters. The summed E-state index contributed by atoms with van der Waals surface area (Å²) < 4.78 is 0. The van der Waals surface area contributed by atoms with Crippen molar-refractivity contribution in [2.24, 2.45) is 10.4 Å². The first-order valence-electron chi connectivity index (χ1n) is 7.43. The highest BCUT2D eigenvalue weighted by Crippen LogP contribution is 2.42. The molecule has 6 heteroatoms. The average Bonchev–Trinajstić information content (AvgIpc) is 2.92. The van der Waals surface area contributed by atoms with Gasteiger partial charge in [0.1, 0.15) is 5.69 Å². The first-order valence-corrected chi connectivity index (χ1v) is 7.43. The monoisotopic (exact) mass is 323 g/mol. The van der Waals surface area contributed by atoms with Crippen LogP contribution in [0.25, 0.3) is 11.6 Å². The van der Waals surface area contributed by atoms with Gasteiger partial charge in [-0.1, -0.05) is 38.1 Å². The largest absolute Gasteiger partial charge is 0.493 e. The number of aliphatic imine (C=N–C) groups is 1. The number of aromatic nitrogens is 2. The molecule has 3 rings (SSSR count). The highest BCUT2D eigenvalue weighted by molar-refractivity contribution is 6.34. The van der Waals surface area contributed by atoms with E-state index in [1.165, 1.54) is 0 Å². The second-order valence-electron chi connectivity index (χ2n) is 6.13. The van der Waals surface area contributed by atoms with Gasteiger partial charge in [-0.05, 0) is 12.1 Å². The van der Waals surface area contributed by atoms with Crippen LogP contribution in [0.4, 0.5) is 5.69 Å². The van der Waals surface area contributed by atoms with Crippen molar-refractivity contribution < 1.29 is 5.11 Å². The van der Waals surface area contributed by atoms with Crippen molar-refractivity contribution in [2.45, 2.75) is 13.8 Å². The van der Waals surface area contributed by atoms with Gasteiger partial charge < -0.3 is 10.1 Å². The van der Waals surface area contributed by atoms with Crippen LogP contribution < -0.4 is 11.1 Å². The number of para-hydroxylation sites is 1. The van der Waals surface area contributed by atoms with Gasteiger partial charge in [-0.2, -0.15) is 0 Å². The fourth-order valence-electron chi connectivity index (χ4n) is 2.56. The normalized spacial score (nSPS) is 15.2. The number of H-pyrrole nitrogens is 2. The summed E-state index contributed by atoms with van der Waals surface area (Å²) in [5, 5.41) is 9.94. The van der Waals surface area contributed by atoms with Gasteiger partial charge in [0, 0.05) is 16.6 Å². The fraction of sp³-hybridized carbons (Fsp3) is 0.167. The van der Waals surface area contributed by atoms with Crippen LogP contribution in [0.15, 0.2) is 51.5 Å². The van der Waals surface area contributed by atoms with Crippen LogP contribution >= 0.6 is 0 Å². The second-order valence-corrected chi connectivity index (χ2v) is 6.13. The molecule has 0 saturated heterocycles. The molecule has 3 N–H and O–H groups in total. The zero-order chi connectivity index (χ0) is 17.5. The molecule has 1 aliphatic heterocycles. The molecule has 6 nitrogen and oxygen atoms in total. The fourth-order valence-corrected chi connectivity index (χ4v) is 2.56. The molecule has 0 spiro atoms. The minimum Gasteiger partial charge on any atom is -0.493 e. The molecular formula is C18H17N3O3. The van der Waals surface area contributed by atoms with E-state index in [1.54, 1.807) is 12.2 Å². The summed E-state index contributed by atoms with van der Waals surface area (Å²) >= 11 is 0. The van der Waals surface area contributed by atoms with Gasteiger partial charge in [-0.15, -0.1) is 6.58 Å². The summed E-state index contributed by atoms with van der Waals surface area (Å²) in [5.41, 5.74) is 1.20. The smallest absolute Gasteiger partial charge is 0.316 e. The number of hydrogen-bond acceptors (Lipinski definition) is 4. The van der Waals surface area contributed by atoms with E-state index in [2.05, 4.69) is 21.5 Å². The molecule has 2 heterocycles. The summed E-state index contributed by atoms with van der Waals surface area (Å²) in [5.74, 6) is -0.396. The molecule has 0 aliphatic carbocycles. The quantitative estimate of drug-likeness (QED) is 0.598. The first-order chi connectivity index (χ1) is 11.3. The predicted octanol–water partition coefficient (Wildman–Crippen LogP) is 2.61. The lowest BCUT2D eigenvalue weighted by molar-refractivity contribution is 0.446. The number of hydrogen-bond donors (Lipinski definition) is 3. The van der Waals surface area contributed by atoms with Gasteiger partial charge in [0.25, 0.3) is 0 Å². The van der Waals surface area contributed by atoms with Crippen LogP contribution in [0.1, 0.15) is 25.1 Å². The van der Waals surface area contributed by atoms with Gasteiger partial charge in [-0.25, -0.2) is 0 Å². The third-order valence-corrected chi connectivity index (χ3v) is 4.03. The molecule has 1 aromatic carbocycles. The Morgan fingerprint density at radius 3 is 2.54 bits per heavy atom. The van der Waals surface area contributed by atoms with E-state index in [1.807, 2.05) is 38.1 Å². The molecule has 122 valence electrons. The molecule has 2 aromatic rings. The van der Waals surface area contributed by atoms with Gasteiger partial charge >= 0.3 is 11.1 Å². The number of rotatable bonds is 3. The van der Waals surface area contributed by atoms with Crippen LogP contribution in [-0.4, -0.2) is 20.8 Å².